The minimum Gasteiger partial charge on any atom is -0.339 e. The second-order valence-electron chi connectivity index (χ2n) is 4.84. The molecule has 0 saturated carbocycles. The highest BCUT2D eigenvalue weighted by Crippen LogP contribution is 2.29. The first kappa shape index (κ1) is 15.3. The maximum Gasteiger partial charge on any atom is 0.233 e. The van der Waals surface area contributed by atoms with Crippen molar-refractivity contribution in [2.45, 2.75) is 32.2 Å². The summed E-state index contributed by atoms with van der Waals surface area (Å²) in [6, 6.07) is 5.82. The Bertz CT molecular complexity index is 586. The van der Waals surface area contributed by atoms with Crippen LogP contribution >= 0.6 is 23.2 Å². The van der Waals surface area contributed by atoms with Crippen molar-refractivity contribution in [1.82, 2.24) is 15.5 Å². The van der Waals surface area contributed by atoms with Gasteiger partial charge in [0, 0.05) is 12.5 Å². The summed E-state index contributed by atoms with van der Waals surface area (Å²) in [5, 5.41) is 8.21. The van der Waals surface area contributed by atoms with Crippen molar-refractivity contribution in [3.63, 3.8) is 0 Å². The molecule has 0 fully saturated rings. The predicted octanol–water partition coefficient (Wildman–Crippen LogP) is 3.68. The molecule has 1 N–H and O–H groups in total. The number of hydrogen-bond donors (Lipinski definition) is 1. The van der Waals surface area contributed by atoms with Crippen LogP contribution in [0, 0.1) is 0 Å². The Morgan fingerprint density at radius 1 is 1.25 bits per heavy atom. The monoisotopic (exact) mass is 313 g/mol. The average molecular weight is 314 g/mol. The van der Waals surface area contributed by atoms with Crippen molar-refractivity contribution in [2.75, 3.05) is 7.05 Å². The van der Waals surface area contributed by atoms with E-state index in [2.05, 4.69) is 22.4 Å². The molecular formula is C14H17Cl2N3O. The summed E-state index contributed by atoms with van der Waals surface area (Å²) >= 11 is 11.9. The van der Waals surface area contributed by atoms with Crippen LogP contribution in [0.4, 0.5) is 0 Å². The Labute approximate surface area is 128 Å². The van der Waals surface area contributed by atoms with Crippen molar-refractivity contribution in [3.8, 4) is 0 Å². The highest BCUT2D eigenvalue weighted by molar-refractivity contribution is 6.42. The van der Waals surface area contributed by atoms with Gasteiger partial charge in [-0.2, -0.15) is 4.98 Å². The predicted molar refractivity (Wildman–Crippen MR) is 80.5 cm³/mol. The molecule has 2 rings (SSSR count). The van der Waals surface area contributed by atoms with Crippen LogP contribution in [0.15, 0.2) is 22.7 Å². The zero-order chi connectivity index (χ0) is 14.7. The van der Waals surface area contributed by atoms with E-state index >= 15 is 0 Å². The Morgan fingerprint density at radius 2 is 2.00 bits per heavy atom. The van der Waals surface area contributed by atoms with Gasteiger partial charge in [0.1, 0.15) is 0 Å². The van der Waals surface area contributed by atoms with Crippen LogP contribution in [0.5, 0.6) is 0 Å². The van der Waals surface area contributed by atoms with Crippen molar-refractivity contribution < 1.29 is 4.52 Å². The first-order valence-corrected chi connectivity index (χ1v) is 7.21. The zero-order valence-corrected chi connectivity index (χ0v) is 13.2. The van der Waals surface area contributed by atoms with Gasteiger partial charge in [0.15, 0.2) is 5.82 Å². The lowest BCUT2D eigenvalue weighted by Gasteiger charge is -2.08. The molecule has 1 heterocycles. The van der Waals surface area contributed by atoms with E-state index in [9.17, 15) is 0 Å². The second kappa shape index (κ2) is 6.57. The Morgan fingerprint density at radius 3 is 2.65 bits per heavy atom. The molecule has 20 heavy (non-hydrogen) atoms. The van der Waals surface area contributed by atoms with Gasteiger partial charge in [0.2, 0.25) is 5.89 Å². The molecule has 4 nitrogen and oxygen atoms in total. The fourth-order valence-corrected chi connectivity index (χ4v) is 2.13. The molecule has 0 aliphatic rings. The molecule has 0 aliphatic carbocycles. The molecule has 0 saturated heterocycles. The SMILES string of the molecule is CNC(C)Cc1noc(C(C)c2ccc(Cl)c(Cl)c2)n1. The number of likely N-dealkylation sites (N-methyl/N-ethyl adjacent to an activating group) is 1. The van der Waals surface area contributed by atoms with Gasteiger partial charge in [-0.05, 0) is 38.6 Å². The number of aromatic nitrogens is 2. The quantitative estimate of drug-likeness (QED) is 0.914. The van der Waals surface area contributed by atoms with E-state index in [1.54, 1.807) is 6.07 Å². The number of hydrogen-bond acceptors (Lipinski definition) is 4. The lowest BCUT2D eigenvalue weighted by molar-refractivity contribution is 0.364. The standard InChI is InChI=1S/C14H17Cl2N3O/c1-8(17-3)6-13-18-14(20-19-13)9(2)10-4-5-11(15)12(16)7-10/h4-5,7-9,17H,6H2,1-3H3. The number of rotatable bonds is 5. The van der Waals surface area contributed by atoms with Crippen LogP contribution in [0.25, 0.3) is 0 Å². The van der Waals surface area contributed by atoms with Gasteiger partial charge in [0.25, 0.3) is 0 Å². The van der Waals surface area contributed by atoms with Gasteiger partial charge in [-0.1, -0.05) is 34.4 Å². The normalized spacial score (nSPS) is 14.2. The van der Waals surface area contributed by atoms with Gasteiger partial charge in [0.05, 0.1) is 16.0 Å². The van der Waals surface area contributed by atoms with Crippen LogP contribution in [-0.4, -0.2) is 23.2 Å². The van der Waals surface area contributed by atoms with E-state index in [0.717, 1.165) is 12.0 Å². The molecule has 0 spiro atoms. The Balaban J connectivity index is 2.16. The third-order valence-electron chi connectivity index (χ3n) is 3.28. The van der Waals surface area contributed by atoms with Gasteiger partial charge in [-0.25, -0.2) is 0 Å². The summed E-state index contributed by atoms with van der Waals surface area (Å²) in [6.07, 6.45) is 0.730. The van der Waals surface area contributed by atoms with Crippen LogP contribution in [0.1, 0.15) is 37.0 Å². The molecule has 2 aromatic rings. The zero-order valence-electron chi connectivity index (χ0n) is 11.7. The first-order chi connectivity index (χ1) is 9.51. The van der Waals surface area contributed by atoms with E-state index < -0.39 is 0 Å². The van der Waals surface area contributed by atoms with Crippen LogP contribution in [-0.2, 0) is 6.42 Å². The molecule has 1 aromatic carbocycles. The first-order valence-electron chi connectivity index (χ1n) is 6.46. The Hall–Kier alpha value is -1.10. The summed E-state index contributed by atoms with van der Waals surface area (Å²) < 4.78 is 5.33. The lowest BCUT2D eigenvalue weighted by atomic mass is 10.0. The minimum atomic E-state index is -0.0177. The number of halogens is 2. The number of benzene rings is 1. The smallest absolute Gasteiger partial charge is 0.233 e. The van der Waals surface area contributed by atoms with Crippen LogP contribution in [0.3, 0.4) is 0 Å². The molecule has 0 radical (unpaired) electrons. The fraction of sp³-hybridized carbons (Fsp3) is 0.429. The maximum absolute atomic E-state index is 6.03. The molecule has 2 unspecified atom stereocenters. The third-order valence-corrected chi connectivity index (χ3v) is 4.02. The fourth-order valence-electron chi connectivity index (χ4n) is 1.83. The molecular weight excluding hydrogens is 297 g/mol. The summed E-state index contributed by atoms with van der Waals surface area (Å²) in [6.45, 7) is 4.07. The summed E-state index contributed by atoms with van der Waals surface area (Å²) in [4.78, 5) is 4.43. The minimum absolute atomic E-state index is 0.0177. The van der Waals surface area contributed by atoms with Crippen LogP contribution in [0.2, 0.25) is 10.0 Å². The van der Waals surface area contributed by atoms with Gasteiger partial charge < -0.3 is 9.84 Å². The van der Waals surface area contributed by atoms with E-state index in [0.29, 0.717) is 27.8 Å². The third kappa shape index (κ3) is 3.51. The lowest BCUT2D eigenvalue weighted by Crippen LogP contribution is -2.24. The molecule has 1 aromatic heterocycles. The molecule has 6 heteroatoms. The van der Waals surface area contributed by atoms with E-state index in [1.807, 2.05) is 26.1 Å². The van der Waals surface area contributed by atoms with Crippen LogP contribution < -0.4 is 5.32 Å². The second-order valence-corrected chi connectivity index (χ2v) is 5.65. The molecule has 2 atom stereocenters. The highest BCUT2D eigenvalue weighted by Gasteiger charge is 2.18. The maximum atomic E-state index is 6.03. The topological polar surface area (TPSA) is 51.0 Å². The summed E-state index contributed by atoms with van der Waals surface area (Å²) in [5.41, 5.74) is 0.997. The van der Waals surface area contributed by atoms with E-state index in [1.165, 1.54) is 0 Å². The van der Waals surface area contributed by atoms with Crippen molar-refractivity contribution in [3.05, 3.63) is 45.5 Å². The summed E-state index contributed by atoms with van der Waals surface area (Å²) in [7, 11) is 1.91. The average Bonchev–Trinajstić information content (AvgIpc) is 2.89. The molecule has 0 bridgehead atoms. The molecule has 0 aliphatic heterocycles. The van der Waals surface area contributed by atoms with Crippen molar-refractivity contribution in [2.24, 2.45) is 0 Å². The van der Waals surface area contributed by atoms with E-state index in [4.69, 9.17) is 27.7 Å². The number of nitrogens with zero attached hydrogens (tertiary/aromatic N) is 2. The van der Waals surface area contributed by atoms with Gasteiger partial charge in [-0.3, -0.25) is 0 Å². The molecule has 108 valence electrons. The van der Waals surface area contributed by atoms with E-state index in [-0.39, 0.29) is 5.92 Å². The van der Waals surface area contributed by atoms with Crippen molar-refractivity contribution >= 4 is 23.2 Å². The highest BCUT2D eigenvalue weighted by atomic mass is 35.5. The number of nitrogens with one attached hydrogen (secondary N) is 1. The summed E-state index contributed by atoms with van der Waals surface area (Å²) in [5.74, 6) is 1.27. The Kier molecular flexibility index (Phi) is 5.02. The van der Waals surface area contributed by atoms with Gasteiger partial charge >= 0.3 is 0 Å². The largest absolute Gasteiger partial charge is 0.339 e. The van der Waals surface area contributed by atoms with Gasteiger partial charge in [-0.15, -0.1) is 0 Å². The van der Waals surface area contributed by atoms with Crippen molar-refractivity contribution in [1.29, 1.82) is 0 Å². The molecule has 0 amide bonds.